The molecule has 0 saturated heterocycles. The Hall–Kier alpha value is -0.910. The molecule has 0 fully saturated rings. The van der Waals surface area contributed by atoms with Crippen LogP contribution in [-0.4, -0.2) is 4.98 Å². The number of aromatic nitrogens is 1. The van der Waals surface area contributed by atoms with Gasteiger partial charge in [0.25, 0.3) is 0 Å². The molecule has 2 N–H and O–H groups in total. The molecule has 2 aromatic rings. The zero-order chi connectivity index (χ0) is 13.1. The smallest absolute Gasteiger partial charge is 0.124 e. The first kappa shape index (κ1) is 13.5. The number of nitrogens with two attached hydrogens (primary N) is 1. The average Bonchev–Trinajstić information content (AvgIpc) is 2.73. The van der Waals surface area contributed by atoms with Gasteiger partial charge in [-0.3, -0.25) is 0 Å². The molecule has 96 valence electrons. The van der Waals surface area contributed by atoms with E-state index in [1.165, 1.54) is 0 Å². The van der Waals surface area contributed by atoms with Crippen molar-refractivity contribution in [2.75, 3.05) is 0 Å². The normalized spacial score (nSPS) is 12.4. The molecule has 18 heavy (non-hydrogen) atoms. The molecular weight excluding hydrogens is 312 g/mol. The Balaban J connectivity index is 2.13. The molecule has 0 radical (unpaired) electrons. The van der Waals surface area contributed by atoms with Crippen molar-refractivity contribution in [3.05, 3.63) is 44.3 Å². The number of rotatable bonds is 4. The Labute approximate surface area is 119 Å². The van der Waals surface area contributed by atoms with Crippen LogP contribution in [0.2, 0.25) is 0 Å². The van der Waals surface area contributed by atoms with Crippen LogP contribution in [0, 0.1) is 6.92 Å². The van der Waals surface area contributed by atoms with Gasteiger partial charge >= 0.3 is 0 Å². The van der Waals surface area contributed by atoms with Crippen LogP contribution < -0.4 is 10.5 Å². The summed E-state index contributed by atoms with van der Waals surface area (Å²) in [5, 5.41) is 1.05. The number of thiazole rings is 1. The molecule has 1 atom stereocenters. The molecule has 0 aliphatic heterocycles. The van der Waals surface area contributed by atoms with Crippen molar-refractivity contribution >= 4 is 27.3 Å². The van der Waals surface area contributed by atoms with Crippen molar-refractivity contribution in [3.63, 3.8) is 0 Å². The van der Waals surface area contributed by atoms with Crippen LogP contribution >= 0.6 is 27.3 Å². The second-order valence-corrected chi connectivity index (χ2v) is 6.34. The van der Waals surface area contributed by atoms with E-state index in [1.54, 1.807) is 11.3 Å². The summed E-state index contributed by atoms with van der Waals surface area (Å²) < 4.78 is 6.83. The van der Waals surface area contributed by atoms with Gasteiger partial charge in [0.2, 0.25) is 0 Å². The lowest BCUT2D eigenvalue weighted by Crippen LogP contribution is -2.08. The van der Waals surface area contributed by atoms with Crippen molar-refractivity contribution in [2.45, 2.75) is 26.5 Å². The highest BCUT2D eigenvalue weighted by atomic mass is 79.9. The molecule has 0 saturated carbocycles. The molecule has 1 heterocycles. The van der Waals surface area contributed by atoms with Crippen molar-refractivity contribution in [1.82, 2.24) is 4.98 Å². The minimum Gasteiger partial charge on any atom is -0.488 e. The minimum atomic E-state index is -0.0549. The fraction of sp³-hybridized carbons (Fsp3) is 0.308. The lowest BCUT2D eigenvalue weighted by Gasteiger charge is -2.13. The Morgan fingerprint density at radius 1 is 1.50 bits per heavy atom. The number of halogens is 1. The summed E-state index contributed by atoms with van der Waals surface area (Å²) in [5.41, 5.74) is 6.95. The quantitative estimate of drug-likeness (QED) is 0.929. The highest BCUT2D eigenvalue weighted by Crippen LogP contribution is 2.28. The predicted octanol–water partition coefficient (Wildman–Crippen LogP) is 3.81. The first-order valence-corrected chi connectivity index (χ1v) is 7.26. The predicted molar refractivity (Wildman–Crippen MR) is 77.9 cm³/mol. The molecule has 0 aliphatic carbocycles. The summed E-state index contributed by atoms with van der Waals surface area (Å²) in [6, 6.07) is 5.84. The molecule has 0 bridgehead atoms. The summed E-state index contributed by atoms with van der Waals surface area (Å²) in [5.74, 6) is 0.833. The van der Waals surface area contributed by atoms with Crippen LogP contribution in [0.5, 0.6) is 5.75 Å². The van der Waals surface area contributed by atoms with Gasteiger partial charge in [0, 0.05) is 22.3 Å². The lowest BCUT2D eigenvalue weighted by molar-refractivity contribution is 0.304. The molecule has 1 aromatic carbocycles. The number of nitrogens with zero attached hydrogens (tertiary/aromatic N) is 1. The van der Waals surface area contributed by atoms with Crippen LogP contribution in [0.15, 0.2) is 28.9 Å². The van der Waals surface area contributed by atoms with E-state index in [-0.39, 0.29) is 6.04 Å². The van der Waals surface area contributed by atoms with E-state index in [0.29, 0.717) is 6.61 Å². The maximum absolute atomic E-state index is 5.95. The highest BCUT2D eigenvalue weighted by Gasteiger charge is 2.09. The maximum Gasteiger partial charge on any atom is 0.124 e. The van der Waals surface area contributed by atoms with Crippen molar-refractivity contribution in [1.29, 1.82) is 0 Å². The Morgan fingerprint density at radius 2 is 2.28 bits per heavy atom. The van der Waals surface area contributed by atoms with Crippen LogP contribution in [0.1, 0.15) is 28.4 Å². The zero-order valence-corrected chi connectivity index (χ0v) is 12.7. The van der Waals surface area contributed by atoms with E-state index in [0.717, 1.165) is 25.7 Å². The molecule has 1 unspecified atom stereocenters. The third-order valence-electron chi connectivity index (χ3n) is 2.50. The standard InChI is InChI=1S/C13H15BrN2OS/c1-8(15)12-5-10(14)3-4-13(12)17-7-11-6-16-9(2)18-11/h3-6,8H,7,15H2,1-2H3. The summed E-state index contributed by atoms with van der Waals surface area (Å²) >= 11 is 5.09. The van der Waals surface area contributed by atoms with Gasteiger partial charge in [-0.15, -0.1) is 11.3 Å². The molecule has 2 rings (SSSR count). The molecule has 0 amide bonds. The maximum atomic E-state index is 5.95. The fourth-order valence-corrected chi connectivity index (χ4v) is 2.71. The van der Waals surface area contributed by atoms with Gasteiger partial charge < -0.3 is 10.5 Å². The average molecular weight is 327 g/mol. The van der Waals surface area contributed by atoms with Crippen LogP contribution in [-0.2, 0) is 6.61 Å². The van der Waals surface area contributed by atoms with E-state index in [4.69, 9.17) is 10.5 Å². The van der Waals surface area contributed by atoms with Crippen LogP contribution in [0.3, 0.4) is 0 Å². The third kappa shape index (κ3) is 3.31. The Bertz CT molecular complexity index is 540. The Morgan fingerprint density at radius 3 is 2.89 bits per heavy atom. The van der Waals surface area contributed by atoms with Crippen LogP contribution in [0.25, 0.3) is 0 Å². The largest absolute Gasteiger partial charge is 0.488 e. The molecule has 0 spiro atoms. The first-order chi connectivity index (χ1) is 8.56. The molecule has 3 nitrogen and oxygen atoms in total. The van der Waals surface area contributed by atoms with Crippen molar-refractivity contribution in [2.24, 2.45) is 5.73 Å². The van der Waals surface area contributed by atoms with Crippen molar-refractivity contribution < 1.29 is 4.74 Å². The number of benzene rings is 1. The molecule has 0 aliphatic rings. The second kappa shape index (κ2) is 5.82. The van der Waals surface area contributed by atoms with Gasteiger partial charge in [-0.05, 0) is 32.0 Å². The summed E-state index contributed by atoms with van der Waals surface area (Å²) in [7, 11) is 0. The highest BCUT2D eigenvalue weighted by molar-refractivity contribution is 9.10. The molecule has 1 aromatic heterocycles. The topological polar surface area (TPSA) is 48.1 Å². The van der Waals surface area contributed by atoms with Gasteiger partial charge in [-0.25, -0.2) is 4.98 Å². The summed E-state index contributed by atoms with van der Waals surface area (Å²) in [4.78, 5) is 5.32. The van der Waals surface area contributed by atoms with E-state index in [2.05, 4.69) is 20.9 Å². The zero-order valence-electron chi connectivity index (χ0n) is 10.3. The van der Waals surface area contributed by atoms with E-state index < -0.39 is 0 Å². The number of hydrogen-bond acceptors (Lipinski definition) is 4. The minimum absolute atomic E-state index is 0.0549. The van der Waals surface area contributed by atoms with E-state index in [9.17, 15) is 0 Å². The monoisotopic (exact) mass is 326 g/mol. The number of aryl methyl sites for hydroxylation is 1. The Kier molecular flexibility index (Phi) is 4.37. The van der Waals surface area contributed by atoms with Crippen molar-refractivity contribution in [3.8, 4) is 5.75 Å². The van der Waals surface area contributed by atoms with Gasteiger partial charge in [-0.2, -0.15) is 0 Å². The SMILES string of the molecule is Cc1ncc(COc2ccc(Br)cc2C(C)N)s1. The van der Waals surface area contributed by atoms with Crippen LogP contribution in [0.4, 0.5) is 0 Å². The number of ether oxygens (including phenoxy) is 1. The van der Waals surface area contributed by atoms with Gasteiger partial charge in [0.05, 0.1) is 9.88 Å². The first-order valence-electron chi connectivity index (χ1n) is 5.65. The second-order valence-electron chi connectivity index (χ2n) is 4.11. The third-order valence-corrected chi connectivity index (χ3v) is 3.88. The lowest BCUT2D eigenvalue weighted by atomic mass is 10.1. The van der Waals surface area contributed by atoms with E-state index >= 15 is 0 Å². The van der Waals surface area contributed by atoms with E-state index in [1.807, 2.05) is 38.2 Å². The van der Waals surface area contributed by atoms with Gasteiger partial charge in [0.15, 0.2) is 0 Å². The van der Waals surface area contributed by atoms with Gasteiger partial charge in [0.1, 0.15) is 12.4 Å². The summed E-state index contributed by atoms with van der Waals surface area (Å²) in [6.45, 7) is 4.47. The van der Waals surface area contributed by atoms with Gasteiger partial charge in [-0.1, -0.05) is 15.9 Å². The fourth-order valence-electron chi connectivity index (χ4n) is 1.63. The molecule has 5 heteroatoms. The molecular formula is C13H15BrN2OS. The summed E-state index contributed by atoms with van der Waals surface area (Å²) in [6.07, 6.45) is 1.85. The number of hydrogen-bond donors (Lipinski definition) is 1.